The monoisotopic (exact) mass is 557 g/mol. The van der Waals surface area contributed by atoms with Gasteiger partial charge in [0.15, 0.2) is 0 Å². The van der Waals surface area contributed by atoms with E-state index in [1.807, 2.05) is 31.2 Å². The Hall–Kier alpha value is -3.50. The number of aryl methyl sites for hydroxylation is 1. The highest BCUT2D eigenvalue weighted by Crippen LogP contribution is 2.44. The summed E-state index contributed by atoms with van der Waals surface area (Å²) < 4.78 is 20.2. The Morgan fingerprint density at radius 2 is 2.00 bits per heavy atom. The second-order valence-corrected chi connectivity index (χ2v) is 10.3. The number of likely N-dealkylation sites (tertiary alicyclic amines) is 1. The Kier molecular flexibility index (Phi) is 11.0. The van der Waals surface area contributed by atoms with Crippen LogP contribution in [0.25, 0.3) is 11.1 Å². The minimum atomic E-state index is -1.52. The Morgan fingerprint density at radius 3 is 2.70 bits per heavy atom. The summed E-state index contributed by atoms with van der Waals surface area (Å²) in [6.45, 7) is 2.97. The van der Waals surface area contributed by atoms with Crippen LogP contribution in [0.4, 0.5) is 9.18 Å². The van der Waals surface area contributed by atoms with Crippen molar-refractivity contribution in [1.29, 1.82) is 0 Å². The predicted molar refractivity (Wildman–Crippen MR) is 149 cm³/mol. The van der Waals surface area contributed by atoms with Crippen molar-refractivity contribution in [2.24, 2.45) is 11.7 Å². The molecule has 0 unspecified atom stereocenters. The van der Waals surface area contributed by atoms with Gasteiger partial charge in [0.2, 0.25) is 5.91 Å². The molecule has 0 aromatic heterocycles. The van der Waals surface area contributed by atoms with Crippen molar-refractivity contribution in [3.8, 4) is 11.1 Å². The molecule has 0 radical (unpaired) electrons. The molecule has 0 saturated carbocycles. The number of methoxy groups -OCH3 is 1. The van der Waals surface area contributed by atoms with Crippen molar-refractivity contribution in [3.05, 3.63) is 59.4 Å². The van der Waals surface area contributed by atoms with E-state index in [-0.39, 0.29) is 38.3 Å². The highest BCUT2D eigenvalue weighted by Gasteiger charge is 2.43. The highest BCUT2D eigenvalue weighted by molar-refractivity contribution is 5.78. The van der Waals surface area contributed by atoms with Crippen LogP contribution in [0.2, 0.25) is 0 Å². The molecule has 1 aliphatic rings. The molecule has 1 saturated heterocycles. The summed E-state index contributed by atoms with van der Waals surface area (Å²) in [4.78, 5) is 37.3. The lowest BCUT2D eigenvalue weighted by molar-refractivity contribution is -0.139. The molecule has 3 rings (SSSR count). The molecule has 40 heavy (non-hydrogen) atoms. The van der Waals surface area contributed by atoms with E-state index >= 15 is 4.39 Å². The van der Waals surface area contributed by atoms with E-state index in [0.717, 1.165) is 12.0 Å². The highest BCUT2D eigenvalue weighted by atomic mass is 19.1. The molecule has 1 heterocycles. The van der Waals surface area contributed by atoms with Crippen molar-refractivity contribution < 1.29 is 33.7 Å². The zero-order valence-corrected chi connectivity index (χ0v) is 23.2. The summed E-state index contributed by atoms with van der Waals surface area (Å²) in [5, 5.41) is 24.2. The van der Waals surface area contributed by atoms with Crippen molar-refractivity contribution in [1.82, 2.24) is 10.2 Å². The minimum absolute atomic E-state index is 0.0145. The first kappa shape index (κ1) is 31.0. The largest absolute Gasteiger partial charge is 0.480 e. The van der Waals surface area contributed by atoms with Crippen LogP contribution in [0, 0.1) is 11.7 Å². The first-order chi connectivity index (χ1) is 19.1. The molecular weight excluding hydrogens is 517 g/mol. The third kappa shape index (κ3) is 7.57. The number of carbonyl (C=O) groups is 3. The maximum Gasteiger partial charge on any atom is 0.406 e. The van der Waals surface area contributed by atoms with Gasteiger partial charge in [-0.15, -0.1) is 0 Å². The van der Waals surface area contributed by atoms with E-state index in [4.69, 9.17) is 10.8 Å². The lowest BCUT2D eigenvalue weighted by Gasteiger charge is -2.44. The van der Waals surface area contributed by atoms with Gasteiger partial charge >= 0.3 is 12.1 Å². The smallest absolute Gasteiger partial charge is 0.406 e. The Morgan fingerprint density at radius 1 is 1.25 bits per heavy atom. The van der Waals surface area contributed by atoms with Crippen LogP contribution in [0.5, 0.6) is 0 Å². The normalized spacial score (nSPS) is 17.5. The number of alkyl carbamates (subject to hydrolysis) is 1. The van der Waals surface area contributed by atoms with E-state index in [0.29, 0.717) is 42.5 Å². The summed E-state index contributed by atoms with van der Waals surface area (Å²) in [6.07, 6.45) is 2.00. The number of halogens is 1. The molecule has 0 spiro atoms. The summed E-state index contributed by atoms with van der Waals surface area (Å²) in [5.74, 6) is -2.27. The minimum Gasteiger partial charge on any atom is -0.480 e. The number of amides is 2. The van der Waals surface area contributed by atoms with Crippen LogP contribution in [0.1, 0.15) is 56.6 Å². The van der Waals surface area contributed by atoms with E-state index in [9.17, 15) is 19.5 Å². The quantitative estimate of drug-likeness (QED) is 0.291. The van der Waals surface area contributed by atoms with Gasteiger partial charge in [0.05, 0.1) is 12.7 Å². The van der Waals surface area contributed by atoms with E-state index in [1.54, 1.807) is 17.0 Å². The van der Waals surface area contributed by atoms with Gasteiger partial charge in [0, 0.05) is 37.5 Å². The number of piperidine rings is 1. The number of nitrogens with zero attached hydrogens (tertiary/aromatic N) is 1. The number of rotatable bonds is 12. The Balaban J connectivity index is 1.96. The van der Waals surface area contributed by atoms with Gasteiger partial charge in [-0.1, -0.05) is 43.3 Å². The number of carboxylic acid groups (broad SMARTS) is 1. The number of carbonyl (C=O) groups excluding carboxylic acids is 2. The standard InChI is InChI=1S/C30H40FN3O6/c1-3-20-8-4-9-21(18-20)27-23(11-5-12-24(27)31)30(39,15-7-16-33-29(38)40-2)22-10-6-17-34(19-22)26(35)14-13-25(32)28(36)37/h4-5,8-9,11-12,18,22,25,39H,3,6-7,10,13-17,19,32H2,1-2H3,(H,33,38)(H,36,37)/t22-,25+,30+/m1/s1. The molecular formula is C30H40FN3O6. The average molecular weight is 558 g/mol. The number of carboxylic acids is 1. The summed E-state index contributed by atoms with van der Waals surface area (Å²) in [5.41, 5.74) is 6.51. The Bertz CT molecular complexity index is 1190. The first-order valence-electron chi connectivity index (χ1n) is 13.8. The number of aliphatic carboxylic acids is 1. The molecule has 1 aliphatic heterocycles. The molecule has 0 aliphatic carbocycles. The fourth-order valence-electron chi connectivity index (χ4n) is 5.46. The second kappa shape index (κ2) is 14.2. The van der Waals surface area contributed by atoms with E-state index in [2.05, 4.69) is 10.1 Å². The lowest BCUT2D eigenvalue weighted by Crippen LogP contribution is -2.49. The van der Waals surface area contributed by atoms with Crippen LogP contribution in [-0.2, 0) is 26.3 Å². The first-order valence-corrected chi connectivity index (χ1v) is 13.8. The SMILES string of the molecule is CCc1cccc(-c2c(F)cccc2[C@](O)(CCCNC(=O)OC)[C@@H]2CCCN(C(=O)CC[C@H](N)C(=O)O)C2)c1. The fraction of sp³-hybridized carbons (Fsp3) is 0.500. The molecule has 5 N–H and O–H groups in total. The molecule has 3 atom stereocenters. The zero-order chi connectivity index (χ0) is 29.3. The summed E-state index contributed by atoms with van der Waals surface area (Å²) in [6, 6.07) is 11.1. The maximum atomic E-state index is 15.5. The molecule has 10 heteroatoms. The Labute approximate surface area is 234 Å². The number of ether oxygens (including phenoxy) is 1. The van der Waals surface area contributed by atoms with Crippen molar-refractivity contribution in [2.45, 2.75) is 63.5 Å². The molecule has 218 valence electrons. The zero-order valence-electron chi connectivity index (χ0n) is 23.2. The van der Waals surface area contributed by atoms with Crippen molar-refractivity contribution >= 4 is 18.0 Å². The van der Waals surface area contributed by atoms with Crippen LogP contribution in [-0.4, -0.2) is 65.9 Å². The molecule has 0 bridgehead atoms. The number of benzene rings is 2. The van der Waals surface area contributed by atoms with Gasteiger partial charge in [-0.3, -0.25) is 9.59 Å². The predicted octanol–water partition coefficient (Wildman–Crippen LogP) is 3.81. The van der Waals surface area contributed by atoms with E-state index < -0.39 is 35.4 Å². The molecule has 2 aromatic carbocycles. The average Bonchev–Trinajstić information content (AvgIpc) is 2.97. The number of aliphatic hydroxyl groups is 1. The summed E-state index contributed by atoms with van der Waals surface area (Å²) >= 11 is 0. The molecule has 9 nitrogen and oxygen atoms in total. The van der Waals surface area contributed by atoms with Gasteiger partial charge in [-0.05, 0) is 61.3 Å². The van der Waals surface area contributed by atoms with Gasteiger partial charge in [0.25, 0.3) is 0 Å². The van der Waals surface area contributed by atoms with Crippen LogP contribution in [0.15, 0.2) is 42.5 Å². The van der Waals surface area contributed by atoms with Crippen LogP contribution in [0.3, 0.4) is 0 Å². The number of nitrogens with two attached hydrogens (primary N) is 1. The molecule has 1 fully saturated rings. The van der Waals surface area contributed by atoms with Gasteiger partial charge in [-0.2, -0.15) is 0 Å². The van der Waals surface area contributed by atoms with E-state index in [1.165, 1.54) is 13.2 Å². The van der Waals surface area contributed by atoms with Gasteiger partial charge in [0.1, 0.15) is 11.9 Å². The number of nitrogens with one attached hydrogen (secondary N) is 1. The van der Waals surface area contributed by atoms with Crippen molar-refractivity contribution in [3.63, 3.8) is 0 Å². The lowest BCUT2D eigenvalue weighted by atomic mass is 9.72. The second-order valence-electron chi connectivity index (χ2n) is 10.3. The number of hydrogen-bond acceptors (Lipinski definition) is 6. The third-order valence-corrected chi connectivity index (χ3v) is 7.73. The maximum absolute atomic E-state index is 15.5. The molecule has 2 aromatic rings. The van der Waals surface area contributed by atoms with Crippen LogP contribution >= 0.6 is 0 Å². The fourth-order valence-corrected chi connectivity index (χ4v) is 5.46. The molecule has 2 amide bonds. The van der Waals surface area contributed by atoms with Gasteiger partial charge < -0.3 is 30.9 Å². The summed E-state index contributed by atoms with van der Waals surface area (Å²) in [7, 11) is 1.27. The van der Waals surface area contributed by atoms with Crippen molar-refractivity contribution in [2.75, 3.05) is 26.7 Å². The van der Waals surface area contributed by atoms with Crippen LogP contribution < -0.4 is 11.1 Å². The number of hydrogen-bond donors (Lipinski definition) is 4. The van der Waals surface area contributed by atoms with Gasteiger partial charge in [-0.25, -0.2) is 9.18 Å². The third-order valence-electron chi connectivity index (χ3n) is 7.73. The topological polar surface area (TPSA) is 142 Å².